The molecule has 1 heterocycles. The molecule has 0 spiro atoms. The maximum atomic E-state index is 11.9. The second kappa shape index (κ2) is 4.87. The largest absolute Gasteiger partial charge is 0.464 e. The van der Waals surface area contributed by atoms with Gasteiger partial charge in [0.25, 0.3) is 0 Å². The summed E-state index contributed by atoms with van der Waals surface area (Å²) >= 11 is 0. The molecule has 1 aromatic rings. The molecule has 5 nitrogen and oxygen atoms in total. The molecule has 1 aliphatic carbocycles. The van der Waals surface area contributed by atoms with Crippen molar-refractivity contribution in [3.8, 4) is 0 Å². The average Bonchev–Trinajstić information content (AvgIpc) is 2.93. The van der Waals surface area contributed by atoms with Crippen molar-refractivity contribution >= 4 is 11.8 Å². The zero-order valence-electron chi connectivity index (χ0n) is 12.2. The van der Waals surface area contributed by atoms with E-state index in [-0.39, 0.29) is 5.54 Å². The third-order valence-electron chi connectivity index (χ3n) is 3.74. The van der Waals surface area contributed by atoms with Crippen LogP contribution in [0.4, 0.5) is 5.82 Å². The fraction of sp³-hybridized carbons (Fsp3) is 0.714. The lowest BCUT2D eigenvalue weighted by molar-refractivity contribution is 0.0590. The van der Waals surface area contributed by atoms with Crippen molar-refractivity contribution in [3.05, 3.63) is 11.3 Å². The summed E-state index contributed by atoms with van der Waals surface area (Å²) in [6, 6.07) is 0. The predicted molar refractivity (Wildman–Crippen MR) is 74.2 cm³/mol. The molecule has 0 radical (unpaired) electrons. The second-order valence-corrected chi connectivity index (χ2v) is 6.20. The first kappa shape index (κ1) is 13.9. The quantitative estimate of drug-likeness (QED) is 0.835. The number of esters is 1. The maximum absolute atomic E-state index is 11.9. The summed E-state index contributed by atoms with van der Waals surface area (Å²) in [6.07, 6.45) is 4.52. The van der Waals surface area contributed by atoms with E-state index in [9.17, 15) is 4.79 Å². The molecule has 1 saturated carbocycles. The number of nitrogens with zero attached hydrogens (tertiary/aromatic N) is 2. The summed E-state index contributed by atoms with van der Waals surface area (Å²) in [5, 5.41) is 4.41. The van der Waals surface area contributed by atoms with Crippen molar-refractivity contribution in [2.45, 2.75) is 57.9 Å². The molecule has 1 aliphatic rings. The van der Waals surface area contributed by atoms with E-state index in [0.29, 0.717) is 17.4 Å². The van der Waals surface area contributed by atoms with Gasteiger partial charge in [0.1, 0.15) is 5.82 Å². The highest BCUT2D eigenvalue weighted by molar-refractivity contribution is 5.90. The number of hydrogen-bond donors (Lipinski definition) is 1. The van der Waals surface area contributed by atoms with Gasteiger partial charge in [0, 0.05) is 5.56 Å². The Bertz CT molecular complexity index is 480. The van der Waals surface area contributed by atoms with Crippen molar-refractivity contribution < 1.29 is 9.53 Å². The first-order chi connectivity index (χ1) is 8.86. The minimum Gasteiger partial charge on any atom is -0.464 e. The van der Waals surface area contributed by atoms with E-state index in [2.05, 4.69) is 5.10 Å². The van der Waals surface area contributed by atoms with E-state index in [0.717, 1.165) is 18.4 Å². The van der Waals surface area contributed by atoms with Crippen molar-refractivity contribution in [2.75, 3.05) is 12.8 Å². The van der Waals surface area contributed by atoms with Crippen LogP contribution in [0.1, 0.15) is 68.4 Å². The number of ether oxygens (including phenoxy) is 1. The Labute approximate surface area is 114 Å². The number of aromatic nitrogens is 2. The number of methoxy groups -OCH3 is 1. The first-order valence-corrected chi connectivity index (χ1v) is 6.83. The summed E-state index contributed by atoms with van der Waals surface area (Å²) in [5.41, 5.74) is 7.29. The molecule has 1 fully saturated rings. The zero-order chi connectivity index (χ0) is 14.2. The molecule has 0 unspecified atom stereocenters. The van der Waals surface area contributed by atoms with Crippen LogP contribution in [0.15, 0.2) is 0 Å². The molecular formula is C14H23N3O2. The van der Waals surface area contributed by atoms with Gasteiger partial charge in [-0.1, -0.05) is 12.8 Å². The molecule has 2 rings (SSSR count). The fourth-order valence-corrected chi connectivity index (χ4v) is 2.82. The van der Waals surface area contributed by atoms with Gasteiger partial charge in [-0.3, -0.25) is 0 Å². The minimum atomic E-state index is -0.392. The Hall–Kier alpha value is -1.52. The Kier molecular flexibility index (Phi) is 3.56. The molecule has 2 N–H and O–H groups in total. The van der Waals surface area contributed by atoms with Gasteiger partial charge in [0.2, 0.25) is 0 Å². The zero-order valence-corrected chi connectivity index (χ0v) is 12.2. The molecule has 1 aromatic heterocycles. The van der Waals surface area contributed by atoms with Crippen LogP contribution in [-0.4, -0.2) is 22.9 Å². The van der Waals surface area contributed by atoms with Crippen molar-refractivity contribution in [1.82, 2.24) is 9.78 Å². The molecule has 0 amide bonds. The van der Waals surface area contributed by atoms with Gasteiger partial charge in [-0.05, 0) is 39.5 Å². The number of anilines is 1. The van der Waals surface area contributed by atoms with Gasteiger partial charge in [0.15, 0.2) is 5.69 Å². The van der Waals surface area contributed by atoms with E-state index in [1.807, 2.05) is 20.8 Å². The predicted octanol–water partition coefficient (Wildman–Crippen LogP) is 2.66. The molecule has 0 aromatic carbocycles. The molecule has 106 valence electrons. The van der Waals surface area contributed by atoms with E-state index in [4.69, 9.17) is 10.5 Å². The van der Waals surface area contributed by atoms with Gasteiger partial charge in [0.05, 0.1) is 12.6 Å². The Morgan fingerprint density at radius 2 is 1.95 bits per heavy atom. The van der Waals surface area contributed by atoms with Crippen LogP contribution in [0.25, 0.3) is 0 Å². The normalized spacial score (nSPS) is 16.8. The van der Waals surface area contributed by atoms with Crippen LogP contribution in [0.5, 0.6) is 0 Å². The lowest BCUT2D eigenvalue weighted by atomic mass is 9.97. The highest BCUT2D eigenvalue weighted by atomic mass is 16.5. The van der Waals surface area contributed by atoms with E-state index < -0.39 is 5.97 Å². The van der Waals surface area contributed by atoms with Gasteiger partial charge in [-0.2, -0.15) is 5.10 Å². The van der Waals surface area contributed by atoms with Gasteiger partial charge >= 0.3 is 5.97 Å². The van der Waals surface area contributed by atoms with Crippen LogP contribution in [-0.2, 0) is 10.3 Å². The van der Waals surface area contributed by atoms with E-state index in [1.54, 1.807) is 4.68 Å². The third kappa shape index (κ3) is 2.46. The molecule has 19 heavy (non-hydrogen) atoms. The highest BCUT2D eigenvalue weighted by Crippen LogP contribution is 2.40. The van der Waals surface area contributed by atoms with Crippen molar-refractivity contribution in [2.24, 2.45) is 0 Å². The number of rotatable bonds is 2. The van der Waals surface area contributed by atoms with Gasteiger partial charge < -0.3 is 10.5 Å². The Morgan fingerprint density at radius 3 is 2.42 bits per heavy atom. The number of carbonyl (C=O) groups excluding carboxylic acids is 1. The molecular weight excluding hydrogens is 242 g/mol. The van der Waals surface area contributed by atoms with Crippen LogP contribution in [0, 0.1) is 0 Å². The number of nitrogen functional groups attached to an aromatic ring is 1. The smallest absolute Gasteiger partial charge is 0.358 e. The summed E-state index contributed by atoms with van der Waals surface area (Å²) in [5.74, 6) is 0.557. The van der Waals surface area contributed by atoms with Crippen molar-refractivity contribution in [3.63, 3.8) is 0 Å². The number of hydrogen-bond acceptors (Lipinski definition) is 4. The first-order valence-electron chi connectivity index (χ1n) is 6.83. The topological polar surface area (TPSA) is 70.1 Å². The molecule has 5 heteroatoms. The highest BCUT2D eigenvalue weighted by Gasteiger charge is 2.32. The lowest BCUT2D eigenvalue weighted by Crippen LogP contribution is -2.25. The molecule has 0 saturated heterocycles. The SMILES string of the molecule is COC(=O)c1nn(C(C)(C)C)c(N)c1C1CCCC1. The number of carbonyl (C=O) groups is 1. The van der Waals surface area contributed by atoms with Gasteiger partial charge in [-0.25, -0.2) is 9.48 Å². The standard InChI is InChI=1S/C14H23N3O2/c1-14(2,3)17-12(15)10(9-7-5-6-8-9)11(16-17)13(18)19-4/h9H,5-8,15H2,1-4H3. The van der Waals surface area contributed by atoms with Crippen LogP contribution < -0.4 is 5.73 Å². The van der Waals surface area contributed by atoms with Crippen molar-refractivity contribution in [1.29, 1.82) is 0 Å². The fourth-order valence-electron chi connectivity index (χ4n) is 2.82. The second-order valence-electron chi connectivity index (χ2n) is 6.20. The summed E-state index contributed by atoms with van der Waals surface area (Å²) in [6.45, 7) is 6.07. The van der Waals surface area contributed by atoms with Crippen LogP contribution in [0.3, 0.4) is 0 Å². The van der Waals surface area contributed by atoms with Crippen LogP contribution in [0.2, 0.25) is 0 Å². The average molecular weight is 265 g/mol. The molecule has 0 bridgehead atoms. The maximum Gasteiger partial charge on any atom is 0.358 e. The minimum absolute atomic E-state index is 0.246. The molecule has 0 atom stereocenters. The van der Waals surface area contributed by atoms with E-state index >= 15 is 0 Å². The summed E-state index contributed by atoms with van der Waals surface area (Å²) < 4.78 is 6.59. The van der Waals surface area contributed by atoms with Gasteiger partial charge in [-0.15, -0.1) is 0 Å². The Morgan fingerprint density at radius 1 is 1.37 bits per heavy atom. The Balaban J connectivity index is 2.54. The number of nitrogens with two attached hydrogens (primary N) is 1. The third-order valence-corrected chi connectivity index (χ3v) is 3.74. The van der Waals surface area contributed by atoms with E-state index in [1.165, 1.54) is 20.0 Å². The monoisotopic (exact) mass is 265 g/mol. The molecule has 0 aliphatic heterocycles. The summed E-state index contributed by atoms with van der Waals surface area (Å²) in [7, 11) is 1.38. The lowest BCUT2D eigenvalue weighted by Gasteiger charge is -2.21. The van der Waals surface area contributed by atoms with Crippen LogP contribution >= 0.6 is 0 Å². The summed E-state index contributed by atoms with van der Waals surface area (Å²) in [4.78, 5) is 11.9.